The molecule has 7 nitrogen and oxygen atoms in total. The van der Waals surface area contributed by atoms with E-state index in [0.29, 0.717) is 28.9 Å². The maximum atomic E-state index is 13.1. The van der Waals surface area contributed by atoms with Gasteiger partial charge >= 0.3 is 5.69 Å². The molecular formula is C24H25N3O4. The van der Waals surface area contributed by atoms with Gasteiger partial charge in [-0.05, 0) is 30.2 Å². The molecule has 0 saturated carbocycles. The third-order valence-corrected chi connectivity index (χ3v) is 5.65. The summed E-state index contributed by atoms with van der Waals surface area (Å²) in [5.74, 6) is 1.18. The van der Waals surface area contributed by atoms with E-state index in [9.17, 15) is 9.59 Å². The Balaban J connectivity index is 1.96. The highest BCUT2D eigenvalue weighted by Crippen LogP contribution is 2.35. The van der Waals surface area contributed by atoms with E-state index in [1.54, 1.807) is 21.3 Å². The number of aromatic nitrogens is 3. The van der Waals surface area contributed by atoms with Crippen LogP contribution in [0.15, 0.2) is 64.3 Å². The van der Waals surface area contributed by atoms with E-state index in [-0.39, 0.29) is 11.2 Å². The average molecular weight is 419 g/mol. The van der Waals surface area contributed by atoms with E-state index in [2.05, 4.69) is 12.1 Å². The van der Waals surface area contributed by atoms with Gasteiger partial charge in [0.25, 0.3) is 5.56 Å². The SMILES string of the molecule is COc1ccc(-c2c3c(=O)n(C)c(=O)n(C)c3cn2CCc2ccccc2)cc1OC. The molecule has 0 bridgehead atoms. The summed E-state index contributed by atoms with van der Waals surface area (Å²) in [5, 5.41) is 0.505. The van der Waals surface area contributed by atoms with E-state index < -0.39 is 0 Å². The third kappa shape index (κ3) is 3.52. The molecule has 0 atom stereocenters. The number of fused-ring (bicyclic) bond motifs is 1. The standard InChI is InChI=1S/C24H25N3O4/c1-25-18-15-27(13-12-16-8-6-5-7-9-16)22(21(18)23(28)26(2)24(25)29)17-10-11-19(30-3)20(14-17)31-4/h5-11,14-15H,12-13H2,1-4H3. The van der Waals surface area contributed by atoms with Gasteiger partial charge in [-0.25, -0.2) is 4.79 Å². The highest BCUT2D eigenvalue weighted by atomic mass is 16.5. The first-order valence-corrected chi connectivity index (χ1v) is 10.0. The molecule has 7 heteroatoms. The highest BCUT2D eigenvalue weighted by Gasteiger charge is 2.20. The van der Waals surface area contributed by atoms with Crippen LogP contribution in [0.25, 0.3) is 22.2 Å². The lowest BCUT2D eigenvalue weighted by atomic mass is 10.1. The second kappa shape index (κ2) is 8.18. The van der Waals surface area contributed by atoms with Gasteiger partial charge in [-0.15, -0.1) is 0 Å². The van der Waals surface area contributed by atoms with Crippen LogP contribution in [0.5, 0.6) is 11.5 Å². The van der Waals surface area contributed by atoms with Crippen LogP contribution in [-0.2, 0) is 27.1 Å². The van der Waals surface area contributed by atoms with Gasteiger partial charge in [0.2, 0.25) is 0 Å². The predicted octanol–water partition coefficient (Wildman–Crippen LogP) is 2.97. The second-order valence-electron chi connectivity index (χ2n) is 7.44. The minimum Gasteiger partial charge on any atom is -0.493 e. The Morgan fingerprint density at radius 3 is 2.26 bits per heavy atom. The number of ether oxygens (including phenoxy) is 2. The van der Waals surface area contributed by atoms with Gasteiger partial charge in [-0.2, -0.15) is 0 Å². The molecule has 0 aliphatic heterocycles. The van der Waals surface area contributed by atoms with Crippen LogP contribution in [0.2, 0.25) is 0 Å². The minimum atomic E-state index is -0.350. The molecule has 0 aliphatic carbocycles. The summed E-state index contributed by atoms with van der Waals surface area (Å²) in [6.07, 6.45) is 2.67. The lowest BCUT2D eigenvalue weighted by molar-refractivity contribution is 0.355. The third-order valence-electron chi connectivity index (χ3n) is 5.65. The molecule has 2 heterocycles. The van der Waals surface area contributed by atoms with Gasteiger partial charge in [0.15, 0.2) is 11.5 Å². The Bertz CT molecular complexity index is 1360. The molecule has 4 aromatic rings. The Morgan fingerprint density at radius 1 is 0.871 bits per heavy atom. The number of hydrogen-bond acceptors (Lipinski definition) is 4. The molecule has 0 unspecified atom stereocenters. The number of nitrogens with zero attached hydrogens (tertiary/aromatic N) is 3. The summed E-state index contributed by atoms with van der Waals surface area (Å²) in [7, 11) is 6.35. The molecule has 0 saturated heterocycles. The fourth-order valence-electron chi connectivity index (χ4n) is 3.95. The van der Waals surface area contributed by atoms with Gasteiger partial charge in [0.05, 0.1) is 30.8 Å². The maximum Gasteiger partial charge on any atom is 0.330 e. The zero-order chi connectivity index (χ0) is 22.1. The quantitative estimate of drug-likeness (QED) is 0.482. The van der Waals surface area contributed by atoms with Crippen molar-refractivity contribution in [2.24, 2.45) is 14.1 Å². The first kappa shape index (κ1) is 20.5. The van der Waals surface area contributed by atoms with Crippen molar-refractivity contribution < 1.29 is 9.47 Å². The first-order chi connectivity index (χ1) is 15.0. The monoisotopic (exact) mass is 419 g/mol. The van der Waals surface area contributed by atoms with Crippen molar-refractivity contribution in [1.29, 1.82) is 0 Å². The Kier molecular flexibility index (Phi) is 5.42. The zero-order valence-electron chi connectivity index (χ0n) is 18.1. The summed E-state index contributed by atoms with van der Waals surface area (Å²) in [6, 6.07) is 15.7. The van der Waals surface area contributed by atoms with Crippen molar-refractivity contribution in [3.05, 3.63) is 81.1 Å². The topological polar surface area (TPSA) is 67.4 Å². The largest absolute Gasteiger partial charge is 0.493 e. The Morgan fingerprint density at radius 2 is 1.58 bits per heavy atom. The average Bonchev–Trinajstić information content (AvgIpc) is 3.20. The van der Waals surface area contributed by atoms with E-state index in [1.807, 2.05) is 47.2 Å². The van der Waals surface area contributed by atoms with Crippen LogP contribution in [0.4, 0.5) is 0 Å². The van der Waals surface area contributed by atoms with Crippen LogP contribution < -0.4 is 20.7 Å². The van der Waals surface area contributed by atoms with Crippen LogP contribution in [-0.4, -0.2) is 27.9 Å². The van der Waals surface area contributed by atoms with Gasteiger partial charge in [0, 0.05) is 32.4 Å². The fourth-order valence-corrected chi connectivity index (χ4v) is 3.95. The fraction of sp³-hybridized carbons (Fsp3) is 0.250. The Hall–Kier alpha value is -3.74. The van der Waals surface area contributed by atoms with Crippen LogP contribution in [0, 0.1) is 0 Å². The van der Waals surface area contributed by atoms with Crippen molar-refractivity contribution in [3.63, 3.8) is 0 Å². The highest BCUT2D eigenvalue weighted by molar-refractivity contribution is 5.94. The molecule has 160 valence electrons. The van der Waals surface area contributed by atoms with E-state index in [4.69, 9.17) is 9.47 Å². The van der Waals surface area contributed by atoms with Crippen LogP contribution in [0.1, 0.15) is 5.56 Å². The van der Waals surface area contributed by atoms with Crippen molar-refractivity contribution in [1.82, 2.24) is 13.7 Å². The van der Waals surface area contributed by atoms with Crippen molar-refractivity contribution in [2.45, 2.75) is 13.0 Å². The molecule has 0 radical (unpaired) electrons. The maximum absolute atomic E-state index is 13.1. The summed E-state index contributed by atoms with van der Waals surface area (Å²) in [4.78, 5) is 25.6. The lowest BCUT2D eigenvalue weighted by Gasteiger charge is -2.13. The van der Waals surface area contributed by atoms with Crippen molar-refractivity contribution in [3.8, 4) is 22.8 Å². The number of aryl methyl sites for hydroxylation is 3. The van der Waals surface area contributed by atoms with Gasteiger partial charge in [0.1, 0.15) is 0 Å². The van der Waals surface area contributed by atoms with E-state index in [1.165, 1.54) is 17.2 Å². The minimum absolute atomic E-state index is 0.318. The second-order valence-corrected chi connectivity index (χ2v) is 7.44. The van der Waals surface area contributed by atoms with E-state index >= 15 is 0 Å². The molecule has 4 rings (SSSR count). The Labute approximate surface area is 179 Å². The van der Waals surface area contributed by atoms with Crippen LogP contribution in [0.3, 0.4) is 0 Å². The van der Waals surface area contributed by atoms with E-state index in [0.717, 1.165) is 22.2 Å². The molecule has 0 fully saturated rings. The lowest BCUT2D eigenvalue weighted by Crippen LogP contribution is -2.36. The van der Waals surface area contributed by atoms with Crippen molar-refractivity contribution in [2.75, 3.05) is 14.2 Å². The number of rotatable bonds is 6. The van der Waals surface area contributed by atoms with Crippen molar-refractivity contribution >= 4 is 10.9 Å². The molecule has 2 aromatic carbocycles. The normalized spacial score (nSPS) is 11.1. The molecule has 31 heavy (non-hydrogen) atoms. The summed E-state index contributed by atoms with van der Waals surface area (Å²) < 4.78 is 15.5. The molecule has 0 aliphatic rings. The number of hydrogen-bond donors (Lipinski definition) is 0. The van der Waals surface area contributed by atoms with Gasteiger partial charge < -0.3 is 14.0 Å². The number of methoxy groups -OCH3 is 2. The summed E-state index contributed by atoms with van der Waals surface area (Å²) in [6.45, 7) is 0.652. The molecule has 0 amide bonds. The predicted molar refractivity (Wildman–Crippen MR) is 121 cm³/mol. The summed E-state index contributed by atoms with van der Waals surface area (Å²) >= 11 is 0. The number of benzene rings is 2. The zero-order valence-corrected chi connectivity index (χ0v) is 18.1. The van der Waals surface area contributed by atoms with Crippen LogP contribution >= 0.6 is 0 Å². The van der Waals surface area contributed by atoms with Gasteiger partial charge in [-0.3, -0.25) is 13.9 Å². The van der Waals surface area contributed by atoms with Gasteiger partial charge in [-0.1, -0.05) is 30.3 Å². The summed E-state index contributed by atoms with van der Waals surface area (Å²) in [5.41, 5.74) is 2.70. The smallest absolute Gasteiger partial charge is 0.330 e. The molecule has 0 N–H and O–H groups in total. The molecular weight excluding hydrogens is 394 g/mol. The first-order valence-electron chi connectivity index (χ1n) is 10.0. The molecule has 2 aromatic heterocycles. The molecule has 0 spiro atoms.